The molecule has 5 aliphatic carbocycles. The zero-order chi connectivity index (χ0) is 47.4. The Morgan fingerprint density at radius 1 is 0.688 bits per heavy atom. The van der Waals surface area contributed by atoms with Crippen molar-refractivity contribution in [3.8, 4) is 0 Å². The number of carboxylic acids is 1. The number of aliphatic carboxylic acids is 1. The third-order valence-electron chi connectivity index (χ3n) is 18.0. The molecule has 20 atom stereocenters. The second kappa shape index (κ2) is 16.6. The molecule has 7 aliphatic rings. The van der Waals surface area contributed by atoms with Crippen molar-refractivity contribution < 1.29 is 87.8 Å². The van der Waals surface area contributed by atoms with Gasteiger partial charge in [-0.15, -0.1) is 0 Å². The van der Waals surface area contributed by atoms with Gasteiger partial charge in [-0.2, -0.15) is 0 Å². The van der Waals surface area contributed by atoms with Crippen molar-refractivity contribution in [3.63, 3.8) is 0 Å². The molecule has 0 aromatic heterocycles. The van der Waals surface area contributed by atoms with Gasteiger partial charge in [-0.25, -0.2) is 9.59 Å². The summed E-state index contributed by atoms with van der Waals surface area (Å²) in [6.45, 7) is 15.8. The Kier molecular flexibility index (Phi) is 12.7. The molecule has 6 N–H and O–H groups in total. The number of allylic oxidation sites excluding steroid dienone is 2. The number of esters is 3. The number of carbonyl (C=O) groups is 5. The minimum absolute atomic E-state index is 0.0149. The Morgan fingerprint density at radius 3 is 1.86 bits per heavy atom. The average Bonchev–Trinajstić information content (AvgIpc) is 3.22. The third kappa shape index (κ3) is 7.27. The van der Waals surface area contributed by atoms with Gasteiger partial charge in [0.1, 0.15) is 42.7 Å². The van der Waals surface area contributed by atoms with E-state index in [0.717, 1.165) is 26.2 Å². The van der Waals surface area contributed by atoms with Crippen molar-refractivity contribution in [2.75, 3.05) is 14.2 Å². The number of ketones is 1. The lowest BCUT2D eigenvalue weighted by molar-refractivity contribution is -0.371. The summed E-state index contributed by atoms with van der Waals surface area (Å²) in [5, 5.41) is 65.0. The average molecular weight is 909 g/mol. The number of carboxylic acid groups (broad SMARTS) is 1. The summed E-state index contributed by atoms with van der Waals surface area (Å²) < 4.78 is 39.7. The molecule has 20 unspecified atom stereocenters. The van der Waals surface area contributed by atoms with Gasteiger partial charge in [-0.05, 0) is 91.4 Å². The molecule has 2 aliphatic heterocycles. The van der Waals surface area contributed by atoms with Crippen LogP contribution in [-0.2, 0) is 57.1 Å². The molecule has 7 rings (SSSR count). The predicted molar refractivity (Wildman–Crippen MR) is 219 cm³/mol. The molecule has 64 heavy (non-hydrogen) atoms. The number of hydrogen-bond acceptors (Lipinski definition) is 17. The number of fused-ring (bicyclic) bond motifs is 7. The maximum Gasteiger partial charge on any atom is 0.337 e. The molecule has 360 valence electrons. The number of rotatable bonds is 8. The number of carbonyl (C=O) groups excluding carboxylic acids is 4. The van der Waals surface area contributed by atoms with Crippen LogP contribution in [0, 0.1) is 50.2 Å². The van der Waals surface area contributed by atoms with Gasteiger partial charge < -0.3 is 63.8 Å². The number of hydrogen-bond donors (Lipinski definition) is 6. The molecule has 0 aromatic rings. The lowest BCUT2D eigenvalue weighted by Gasteiger charge is -2.71. The molecule has 18 nitrogen and oxygen atoms in total. The molecule has 2 saturated heterocycles. The summed E-state index contributed by atoms with van der Waals surface area (Å²) in [6, 6.07) is 0. The zero-order valence-corrected chi connectivity index (χ0v) is 38.5. The van der Waals surface area contributed by atoms with E-state index in [0.29, 0.717) is 38.5 Å². The molecule has 0 aromatic carbocycles. The van der Waals surface area contributed by atoms with Crippen molar-refractivity contribution in [1.29, 1.82) is 0 Å². The zero-order valence-electron chi connectivity index (χ0n) is 38.5. The molecule has 4 saturated carbocycles. The molecule has 0 spiro atoms. The second-order valence-corrected chi connectivity index (χ2v) is 21.6. The van der Waals surface area contributed by atoms with Crippen LogP contribution in [-0.4, -0.2) is 148 Å². The lowest BCUT2D eigenvalue weighted by atomic mass is 9.33. The van der Waals surface area contributed by atoms with Crippen molar-refractivity contribution in [3.05, 3.63) is 11.6 Å². The van der Waals surface area contributed by atoms with E-state index < -0.39 is 136 Å². The normalized spacial score (nSPS) is 49.7. The minimum Gasteiger partial charge on any atom is -0.481 e. The highest BCUT2D eigenvalue weighted by Crippen LogP contribution is 2.75. The van der Waals surface area contributed by atoms with Gasteiger partial charge in [-0.1, -0.05) is 47.1 Å². The van der Waals surface area contributed by atoms with Crippen LogP contribution in [0.25, 0.3) is 0 Å². The highest BCUT2D eigenvalue weighted by Gasteiger charge is 2.72. The summed E-state index contributed by atoms with van der Waals surface area (Å²) in [6.07, 6.45) is -13.7. The van der Waals surface area contributed by atoms with Crippen LogP contribution in [0.15, 0.2) is 11.6 Å². The maximum atomic E-state index is 15.1. The monoisotopic (exact) mass is 908 g/mol. The van der Waals surface area contributed by atoms with Crippen LogP contribution in [0.2, 0.25) is 0 Å². The molecule has 18 heteroatoms. The molecular weight excluding hydrogens is 840 g/mol. The Balaban J connectivity index is 1.19. The van der Waals surface area contributed by atoms with E-state index in [2.05, 4.69) is 32.4 Å². The summed E-state index contributed by atoms with van der Waals surface area (Å²) in [7, 11) is 2.11. The number of aliphatic hydroxyl groups is 5. The summed E-state index contributed by atoms with van der Waals surface area (Å²) in [5.41, 5.74) is -3.08. The van der Waals surface area contributed by atoms with E-state index in [4.69, 9.17) is 28.4 Å². The fourth-order valence-corrected chi connectivity index (χ4v) is 14.0. The first kappa shape index (κ1) is 48.9. The molecular formula is C46H68O18. The molecule has 0 bridgehead atoms. The van der Waals surface area contributed by atoms with Crippen LogP contribution in [0.1, 0.15) is 107 Å². The Morgan fingerprint density at radius 2 is 1.28 bits per heavy atom. The standard InChI is InChI=1S/C46H68O18/c1-20(47)60-26-19-42(4,40(56)57)18-22-21-17-23(48)35-44(6)13-12-25(41(2,3)24(44)11-14-46(35,8)45(21,7)16-15-43(22,26)5)61-39-34(30(52)29(51)33(63-39)37(55)59-10)64-38-31(53)27(49)28(50)32(62-38)36(54)58-9/h17,22,24-35,38-39,49-53H,11-16,18-19H2,1-10H3,(H,56,57). The molecule has 0 radical (unpaired) electrons. The Labute approximate surface area is 373 Å². The summed E-state index contributed by atoms with van der Waals surface area (Å²) in [4.78, 5) is 65.6. The maximum absolute atomic E-state index is 15.1. The van der Waals surface area contributed by atoms with E-state index in [1.807, 2.05) is 13.8 Å². The van der Waals surface area contributed by atoms with E-state index in [1.165, 1.54) is 6.92 Å². The fraction of sp³-hybridized carbons (Fsp3) is 0.848. The predicted octanol–water partition coefficient (Wildman–Crippen LogP) is 1.96. The van der Waals surface area contributed by atoms with Crippen LogP contribution < -0.4 is 0 Å². The SMILES string of the molecule is COC(=O)C1OC(OC2C(OC3CCC4(C)C(CCC5(C)C4C(=O)C=C4C6CC(C)(C(=O)O)CC(OC(C)=O)C6(C)CCC45C)C3(C)C)OC(C(=O)OC)C(O)C2O)C(O)C(O)C1O. The van der Waals surface area contributed by atoms with E-state index in [1.54, 1.807) is 13.0 Å². The van der Waals surface area contributed by atoms with Crippen LogP contribution in [0.5, 0.6) is 0 Å². The van der Waals surface area contributed by atoms with E-state index in [-0.39, 0.29) is 24.0 Å². The van der Waals surface area contributed by atoms with Crippen molar-refractivity contribution in [1.82, 2.24) is 0 Å². The number of aliphatic hydroxyl groups excluding tert-OH is 5. The first-order valence-electron chi connectivity index (χ1n) is 22.5. The lowest BCUT2D eigenvalue weighted by Crippen LogP contribution is -2.68. The van der Waals surface area contributed by atoms with Crippen molar-refractivity contribution >= 4 is 29.7 Å². The van der Waals surface area contributed by atoms with Gasteiger partial charge in [0.2, 0.25) is 0 Å². The van der Waals surface area contributed by atoms with E-state index >= 15 is 4.79 Å². The van der Waals surface area contributed by atoms with Gasteiger partial charge in [0.25, 0.3) is 0 Å². The summed E-state index contributed by atoms with van der Waals surface area (Å²) >= 11 is 0. The minimum atomic E-state index is -1.96. The van der Waals surface area contributed by atoms with Crippen LogP contribution >= 0.6 is 0 Å². The van der Waals surface area contributed by atoms with Crippen molar-refractivity contribution in [2.45, 2.75) is 180 Å². The fourth-order valence-electron chi connectivity index (χ4n) is 14.0. The van der Waals surface area contributed by atoms with Gasteiger partial charge in [0, 0.05) is 24.7 Å². The van der Waals surface area contributed by atoms with Crippen molar-refractivity contribution in [2.24, 2.45) is 50.2 Å². The highest BCUT2D eigenvalue weighted by atomic mass is 16.8. The van der Waals surface area contributed by atoms with Gasteiger partial charge >= 0.3 is 23.9 Å². The number of ether oxygens (including phenoxy) is 7. The first-order chi connectivity index (χ1) is 29.7. The third-order valence-corrected chi connectivity index (χ3v) is 18.0. The smallest absolute Gasteiger partial charge is 0.337 e. The summed E-state index contributed by atoms with van der Waals surface area (Å²) in [5.74, 6) is -4.40. The Hall–Kier alpha value is -3.07. The van der Waals surface area contributed by atoms with Gasteiger partial charge in [-0.3, -0.25) is 14.4 Å². The largest absolute Gasteiger partial charge is 0.481 e. The topological polar surface area (TPSA) is 271 Å². The molecule has 0 amide bonds. The highest BCUT2D eigenvalue weighted by molar-refractivity contribution is 5.95. The second-order valence-electron chi connectivity index (χ2n) is 21.6. The Bertz CT molecular complexity index is 1920. The van der Waals surface area contributed by atoms with Gasteiger partial charge in [0.05, 0.1) is 25.7 Å². The molecule has 2 heterocycles. The van der Waals surface area contributed by atoms with E-state index in [9.17, 15) is 49.8 Å². The number of methoxy groups -OCH3 is 2. The quantitative estimate of drug-likeness (QED) is 0.115. The van der Waals surface area contributed by atoms with Gasteiger partial charge in [0.15, 0.2) is 30.6 Å². The van der Waals surface area contributed by atoms with Crippen LogP contribution in [0.3, 0.4) is 0 Å². The first-order valence-corrected chi connectivity index (χ1v) is 22.5. The molecule has 6 fully saturated rings. The van der Waals surface area contributed by atoms with Crippen LogP contribution in [0.4, 0.5) is 0 Å².